The zero-order valence-corrected chi connectivity index (χ0v) is 10.5. The first kappa shape index (κ1) is 11.7. The van der Waals surface area contributed by atoms with E-state index in [9.17, 15) is 0 Å². The van der Waals surface area contributed by atoms with E-state index in [-0.39, 0.29) is 0 Å². The van der Waals surface area contributed by atoms with E-state index in [0.29, 0.717) is 6.54 Å². The van der Waals surface area contributed by atoms with E-state index in [1.807, 2.05) is 21.0 Å². The van der Waals surface area contributed by atoms with Gasteiger partial charge in [0.25, 0.3) is 0 Å². The van der Waals surface area contributed by atoms with Crippen molar-refractivity contribution in [1.82, 2.24) is 9.97 Å². The number of hydrogen-bond acceptors (Lipinski definition) is 3. The lowest BCUT2D eigenvalue weighted by Gasteiger charge is -2.12. The van der Waals surface area contributed by atoms with Gasteiger partial charge in [-0.15, -0.1) is 0 Å². The molecule has 0 radical (unpaired) electrons. The Bertz CT molecular complexity index is 497. The Hall–Kier alpha value is -1.81. The van der Waals surface area contributed by atoms with Crippen molar-refractivity contribution in [2.75, 3.05) is 19.0 Å². The Labute approximate surface area is 101 Å². The summed E-state index contributed by atoms with van der Waals surface area (Å²) in [5, 5.41) is 0. The predicted molar refractivity (Wildman–Crippen MR) is 71.0 cm³/mol. The monoisotopic (exact) mass is 230 g/mol. The molecule has 1 heterocycles. The number of aromatic amines is 1. The number of nitrogens with zero attached hydrogens (tertiary/aromatic N) is 2. The number of anilines is 1. The zero-order valence-electron chi connectivity index (χ0n) is 10.5. The van der Waals surface area contributed by atoms with Crippen LogP contribution >= 0.6 is 0 Å². The number of aromatic nitrogens is 2. The average molecular weight is 230 g/mol. The SMILES string of the molecule is Cc1[nH]c(-c2ccc(N(C)C)cc2)nc1CN. The van der Waals surface area contributed by atoms with Gasteiger partial charge in [-0.2, -0.15) is 0 Å². The summed E-state index contributed by atoms with van der Waals surface area (Å²) in [4.78, 5) is 9.81. The highest BCUT2D eigenvalue weighted by atomic mass is 15.1. The molecule has 4 heteroatoms. The maximum absolute atomic E-state index is 5.62. The molecular weight excluding hydrogens is 212 g/mol. The predicted octanol–water partition coefficient (Wildman–Crippen LogP) is 1.91. The number of nitrogens with two attached hydrogens (primary N) is 1. The van der Waals surface area contributed by atoms with Crippen molar-refractivity contribution in [3.05, 3.63) is 35.7 Å². The fraction of sp³-hybridized carbons (Fsp3) is 0.308. The average Bonchev–Trinajstić information content (AvgIpc) is 2.70. The molecule has 0 unspecified atom stereocenters. The molecule has 17 heavy (non-hydrogen) atoms. The van der Waals surface area contributed by atoms with Crippen LogP contribution in [-0.4, -0.2) is 24.1 Å². The largest absolute Gasteiger partial charge is 0.378 e. The van der Waals surface area contributed by atoms with Gasteiger partial charge >= 0.3 is 0 Å². The van der Waals surface area contributed by atoms with Crippen molar-refractivity contribution in [2.24, 2.45) is 5.73 Å². The molecule has 0 amide bonds. The van der Waals surface area contributed by atoms with Crippen molar-refractivity contribution in [3.8, 4) is 11.4 Å². The molecule has 0 bridgehead atoms. The molecule has 0 aliphatic heterocycles. The number of rotatable bonds is 3. The van der Waals surface area contributed by atoms with Gasteiger partial charge in [0.05, 0.1) is 5.69 Å². The van der Waals surface area contributed by atoms with Gasteiger partial charge < -0.3 is 15.6 Å². The van der Waals surface area contributed by atoms with E-state index < -0.39 is 0 Å². The molecule has 0 aliphatic rings. The van der Waals surface area contributed by atoms with Crippen LogP contribution in [0.15, 0.2) is 24.3 Å². The van der Waals surface area contributed by atoms with E-state index in [1.54, 1.807) is 0 Å². The van der Waals surface area contributed by atoms with Crippen LogP contribution in [0, 0.1) is 6.92 Å². The molecule has 2 rings (SSSR count). The molecular formula is C13H18N4. The second-order valence-corrected chi connectivity index (χ2v) is 4.30. The Balaban J connectivity index is 2.33. The van der Waals surface area contributed by atoms with Gasteiger partial charge in [-0.3, -0.25) is 0 Å². The fourth-order valence-electron chi connectivity index (χ4n) is 1.75. The van der Waals surface area contributed by atoms with Crippen LogP contribution in [-0.2, 0) is 6.54 Å². The molecule has 0 fully saturated rings. The third-order valence-corrected chi connectivity index (χ3v) is 2.84. The Morgan fingerprint density at radius 1 is 1.24 bits per heavy atom. The second kappa shape index (κ2) is 4.59. The molecule has 90 valence electrons. The summed E-state index contributed by atoms with van der Waals surface area (Å²) in [6, 6.07) is 8.28. The number of H-pyrrole nitrogens is 1. The summed E-state index contributed by atoms with van der Waals surface area (Å²) in [5.41, 5.74) is 9.84. The lowest BCUT2D eigenvalue weighted by atomic mass is 10.2. The van der Waals surface area contributed by atoms with E-state index in [1.165, 1.54) is 5.69 Å². The molecule has 0 aliphatic carbocycles. The molecule has 0 saturated heterocycles. The number of imidazole rings is 1. The highest BCUT2D eigenvalue weighted by Crippen LogP contribution is 2.21. The van der Waals surface area contributed by atoms with Gasteiger partial charge in [-0.25, -0.2) is 4.98 Å². The first-order chi connectivity index (χ1) is 8.11. The summed E-state index contributed by atoms with van der Waals surface area (Å²) < 4.78 is 0. The molecule has 1 aromatic carbocycles. The third kappa shape index (κ3) is 2.31. The highest BCUT2D eigenvalue weighted by Gasteiger charge is 2.07. The Morgan fingerprint density at radius 2 is 1.88 bits per heavy atom. The molecule has 0 atom stereocenters. The molecule has 0 spiro atoms. The van der Waals surface area contributed by atoms with Crippen molar-refractivity contribution in [3.63, 3.8) is 0 Å². The molecule has 1 aromatic heterocycles. The first-order valence-electron chi connectivity index (χ1n) is 5.65. The van der Waals surface area contributed by atoms with Crippen molar-refractivity contribution < 1.29 is 0 Å². The topological polar surface area (TPSA) is 57.9 Å². The van der Waals surface area contributed by atoms with Crippen LogP contribution in [0.1, 0.15) is 11.4 Å². The lowest BCUT2D eigenvalue weighted by Crippen LogP contribution is -2.07. The van der Waals surface area contributed by atoms with Crippen LogP contribution in [0.3, 0.4) is 0 Å². The molecule has 2 aromatic rings. The van der Waals surface area contributed by atoms with Gasteiger partial charge in [-0.1, -0.05) is 0 Å². The van der Waals surface area contributed by atoms with Gasteiger partial charge in [0.1, 0.15) is 5.82 Å². The summed E-state index contributed by atoms with van der Waals surface area (Å²) >= 11 is 0. The molecule has 0 saturated carbocycles. The first-order valence-corrected chi connectivity index (χ1v) is 5.65. The van der Waals surface area contributed by atoms with E-state index in [0.717, 1.165) is 22.8 Å². The van der Waals surface area contributed by atoms with Crippen molar-refractivity contribution >= 4 is 5.69 Å². The Kier molecular flexibility index (Phi) is 3.15. The summed E-state index contributed by atoms with van der Waals surface area (Å²) in [6.07, 6.45) is 0. The van der Waals surface area contributed by atoms with Gasteiger partial charge in [-0.05, 0) is 31.2 Å². The van der Waals surface area contributed by atoms with Crippen LogP contribution < -0.4 is 10.6 Å². The maximum atomic E-state index is 5.62. The smallest absolute Gasteiger partial charge is 0.137 e. The minimum Gasteiger partial charge on any atom is -0.378 e. The second-order valence-electron chi connectivity index (χ2n) is 4.30. The standard InChI is InChI=1S/C13H18N4/c1-9-12(8-14)16-13(15-9)10-4-6-11(7-5-10)17(2)3/h4-7H,8,14H2,1-3H3,(H,15,16). The summed E-state index contributed by atoms with van der Waals surface area (Å²) in [5.74, 6) is 0.883. The van der Waals surface area contributed by atoms with Crippen molar-refractivity contribution in [2.45, 2.75) is 13.5 Å². The van der Waals surface area contributed by atoms with E-state index >= 15 is 0 Å². The molecule has 4 nitrogen and oxygen atoms in total. The minimum absolute atomic E-state index is 0.470. The van der Waals surface area contributed by atoms with E-state index in [4.69, 9.17) is 5.73 Å². The number of benzene rings is 1. The molecule has 3 N–H and O–H groups in total. The summed E-state index contributed by atoms with van der Waals surface area (Å²) in [7, 11) is 4.05. The van der Waals surface area contributed by atoms with Crippen LogP contribution in [0.5, 0.6) is 0 Å². The minimum atomic E-state index is 0.470. The highest BCUT2D eigenvalue weighted by molar-refractivity contribution is 5.60. The summed E-state index contributed by atoms with van der Waals surface area (Å²) in [6.45, 7) is 2.46. The van der Waals surface area contributed by atoms with Crippen LogP contribution in [0.2, 0.25) is 0 Å². The Morgan fingerprint density at radius 3 is 2.35 bits per heavy atom. The van der Waals surface area contributed by atoms with E-state index in [2.05, 4.69) is 39.1 Å². The van der Waals surface area contributed by atoms with Crippen LogP contribution in [0.25, 0.3) is 11.4 Å². The fourth-order valence-corrected chi connectivity index (χ4v) is 1.75. The third-order valence-electron chi connectivity index (χ3n) is 2.84. The van der Waals surface area contributed by atoms with Crippen molar-refractivity contribution in [1.29, 1.82) is 0 Å². The van der Waals surface area contributed by atoms with Gasteiger partial charge in [0.2, 0.25) is 0 Å². The zero-order chi connectivity index (χ0) is 12.4. The van der Waals surface area contributed by atoms with Crippen LogP contribution in [0.4, 0.5) is 5.69 Å². The number of hydrogen-bond donors (Lipinski definition) is 2. The number of aryl methyl sites for hydroxylation is 1. The normalized spacial score (nSPS) is 10.6. The van der Waals surface area contributed by atoms with Gasteiger partial charge in [0, 0.05) is 37.6 Å². The lowest BCUT2D eigenvalue weighted by molar-refractivity contribution is 0.993. The maximum Gasteiger partial charge on any atom is 0.137 e. The quantitative estimate of drug-likeness (QED) is 0.846. The van der Waals surface area contributed by atoms with Gasteiger partial charge in [0.15, 0.2) is 0 Å². The number of nitrogens with one attached hydrogen (secondary N) is 1.